The fourth-order valence-corrected chi connectivity index (χ4v) is 2.98. The van der Waals surface area contributed by atoms with Gasteiger partial charge in [-0.2, -0.15) is 0 Å². The van der Waals surface area contributed by atoms with Crippen LogP contribution in [-0.2, 0) is 0 Å². The topological polar surface area (TPSA) is 15.3 Å². The largest absolute Gasteiger partial charge is 0.316 e. The van der Waals surface area contributed by atoms with E-state index in [9.17, 15) is 4.39 Å². The van der Waals surface area contributed by atoms with Gasteiger partial charge in [-0.05, 0) is 51.2 Å². The molecule has 0 bridgehead atoms. The van der Waals surface area contributed by atoms with Gasteiger partial charge >= 0.3 is 0 Å². The quantitative estimate of drug-likeness (QED) is 0.741. The summed E-state index contributed by atoms with van der Waals surface area (Å²) in [7, 11) is 0. The van der Waals surface area contributed by atoms with Gasteiger partial charge in [-0.25, -0.2) is 4.39 Å². The van der Waals surface area contributed by atoms with Crippen LogP contribution in [0.4, 0.5) is 4.39 Å². The van der Waals surface area contributed by atoms with E-state index in [0.717, 1.165) is 19.0 Å². The zero-order chi connectivity index (χ0) is 9.80. The molecule has 2 rings (SSSR count). The summed E-state index contributed by atoms with van der Waals surface area (Å²) in [5.74, 6) is 0.776. The van der Waals surface area contributed by atoms with Crippen molar-refractivity contribution in [2.75, 3.05) is 32.9 Å². The van der Waals surface area contributed by atoms with Gasteiger partial charge in [0.25, 0.3) is 0 Å². The molecule has 2 nitrogen and oxygen atoms in total. The molecule has 0 aromatic rings. The molecule has 2 saturated heterocycles. The van der Waals surface area contributed by atoms with Crippen molar-refractivity contribution in [2.24, 2.45) is 5.92 Å². The van der Waals surface area contributed by atoms with Crippen molar-refractivity contribution in [3.8, 4) is 0 Å². The van der Waals surface area contributed by atoms with Crippen LogP contribution in [0.3, 0.4) is 0 Å². The second-order valence-corrected chi connectivity index (χ2v) is 4.54. The zero-order valence-corrected chi connectivity index (χ0v) is 8.84. The smallest absolute Gasteiger partial charge is 0.102 e. The van der Waals surface area contributed by atoms with Gasteiger partial charge in [-0.3, -0.25) is 4.90 Å². The predicted molar refractivity (Wildman–Crippen MR) is 56.2 cm³/mol. The van der Waals surface area contributed by atoms with Crippen molar-refractivity contribution in [1.82, 2.24) is 10.2 Å². The van der Waals surface area contributed by atoms with E-state index in [-0.39, 0.29) is 6.67 Å². The molecule has 82 valence electrons. The minimum absolute atomic E-state index is 0.184. The van der Waals surface area contributed by atoms with Gasteiger partial charge < -0.3 is 5.32 Å². The molecule has 0 saturated carbocycles. The lowest BCUT2D eigenvalue weighted by atomic mass is 9.90. The van der Waals surface area contributed by atoms with Crippen molar-refractivity contribution in [3.05, 3.63) is 0 Å². The van der Waals surface area contributed by atoms with Gasteiger partial charge in [-0.1, -0.05) is 0 Å². The van der Waals surface area contributed by atoms with Crippen LogP contribution < -0.4 is 5.32 Å². The minimum atomic E-state index is -0.184. The summed E-state index contributed by atoms with van der Waals surface area (Å²) in [6.07, 6.45) is 5.18. The van der Waals surface area contributed by atoms with Crippen LogP contribution in [0.15, 0.2) is 0 Å². The van der Waals surface area contributed by atoms with E-state index >= 15 is 0 Å². The Morgan fingerprint density at radius 2 is 2.21 bits per heavy atom. The number of hydrogen-bond acceptors (Lipinski definition) is 2. The Kier molecular flexibility index (Phi) is 3.76. The van der Waals surface area contributed by atoms with Crippen molar-refractivity contribution >= 4 is 0 Å². The molecule has 2 atom stereocenters. The number of hydrogen-bond donors (Lipinski definition) is 1. The molecular formula is C11H21FN2. The highest BCUT2D eigenvalue weighted by Crippen LogP contribution is 2.27. The number of piperidine rings is 1. The predicted octanol–water partition coefficient (Wildman–Crippen LogP) is 1.42. The average Bonchev–Trinajstić information content (AvgIpc) is 2.68. The van der Waals surface area contributed by atoms with Crippen molar-refractivity contribution in [2.45, 2.75) is 31.7 Å². The highest BCUT2D eigenvalue weighted by Gasteiger charge is 2.31. The third kappa shape index (κ3) is 2.26. The number of rotatable bonds is 3. The summed E-state index contributed by atoms with van der Waals surface area (Å²) in [4.78, 5) is 2.36. The first kappa shape index (κ1) is 10.4. The fourth-order valence-electron chi connectivity index (χ4n) is 2.98. The first-order valence-corrected chi connectivity index (χ1v) is 5.92. The molecule has 2 aliphatic heterocycles. The monoisotopic (exact) mass is 200 g/mol. The van der Waals surface area contributed by atoms with E-state index < -0.39 is 0 Å². The molecule has 2 heterocycles. The molecule has 0 amide bonds. The van der Waals surface area contributed by atoms with E-state index in [1.165, 1.54) is 32.2 Å². The third-order valence-electron chi connectivity index (χ3n) is 3.67. The highest BCUT2D eigenvalue weighted by atomic mass is 19.1. The Balaban J connectivity index is 1.87. The SMILES string of the molecule is FCCN1CCCC1C1CCCNC1. The van der Waals surface area contributed by atoms with E-state index in [1.54, 1.807) is 0 Å². The van der Waals surface area contributed by atoms with Gasteiger partial charge in [0.1, 0.15) is 6.67 Å². The maximum Gasteiger partial charge on any atom is 0.102 e. The Labute approximate surface area is 85.9 Å². The van der Waals surface area contributed by atoms with E-state index in [2.05, 4.69) is 10.2 Å². The summed E-state index contributed by atoms with van der Waals surface area (Å²) in [6.45, 7) is 3.91. The maximum absolute atomic E-state index is 12.3. The fraction of sp³-hybridized carbons (Fsp3) is 1.00. The van der Waals surface area contributed by atoms with Crippen LogP contribution in [0, 0.1) is 5.92 Å². The van der Waals surface area contributed by atoms with Crippen molar-refractivity contribution in [3.63, 3.8) is 0 Å². The summed E-state index contributed by atoms with van der Waals surface area (Å²) < 4.78 is 12.3. The molecule has 2 fully saturated rings. The van der Waals surface area contributed by atoms with Crippen LogP contribution in [0.25, 0.3) is 0 Å². The molecule has 0 aliphatic carbocycles. The highest BCUT2D eigenvalue weighted by molar-refractivity contribution is 4.87. The summed E-state index contributed by atoms with van der Waals surface area (Å²) in [6, 6.07) is 0.665. The lowest BCUT2D eigenvalue weighted by Gasteiger charge is -2.33. The number of halogens is 1. The van der Waals surface area contributed by atoms with E-state index in [1.807, 2.05) is 0 Å². The standard InChI is InChI=1S/C11H21FN2/c12-5-8-14-7-2-4-11(14)10-3-1-6-13-9-10/h10-11,13H,1-9H2. The molecule has 0 aromatic carbocycles. The second-order valence-electron chi connectivity index (χ2n) is 4.54. The molecule has 1 N–H and O–H groups in total. The second kappa shape index (κ2) is 5.08. The zero-order valence-electron chi connectivity index (χ0n) is 8.84. The first-order chi connectivity index (χ1) is 6.92. The molecule has 14 heavy (non-hydrogen) atoms. The molecule has 2 aliphatic rings. The summed E-state index contributed by atoms with van der Waals surface area (Å²) >= 11 is 0. The summed E-state index contributed by atoms with van der Waals surface area (Å²) in [5, 5.41) is 3.45. The van der Waals surface area contributed by atoms with Crippen molar-refractivity contribution < 1.29 is 4.39 Å². The maximum atomic E-state index is 12.3. The van der Waals surface area contributed by atoms with Gasteiger partial charge in [-0.15, -0.1) is 0 Å². The Morgan fingerprint density at radius 3 is 2.93 bits per heavy atom. The number of nitrogens with zero attached hydrogens (tertiary/aromatic N) is 1. The van der Waals surface area contributed by atoms with Crippen LogP contribution in [-0.4, -0.2) is 43.8 Å². The summed E-state index contributed by atoms with van der Waals surface area (Å²) in [5.41, 5.74) is 0. The molecule has 3 heteroatoms. The van der Waals surface area contributed by atoms with Crippen LogP contribution in [0.5, 0.6) is 0 Å². The molecule has 2 unspecified atom stereocenters. The van der Waals surface area contributed by atoms with Crippen LogP contribution in [0.1, 0.15) is 25.7 Å². The average molecular weight is 200 g/mol. The third-order valence-corrected chi connectivity index (χ3v) is 3.67. The molecular weight excluding hydrogens is 179 g/mol. The molecule has 0 radical (unpaired) electrons. The van der Waals surface area contributed by atoms with Crippen LogP contribution >= 0.6 is 0 Å². The molecule has 0 aromatic heterocycles. The van der Waals surface area contributed by atoms with Gasteiger partial charge in [0.15, 0.2) is 0 Å². The van der Waals surface area contributed by atoms with Gasteiger partial charge in [0.2, 0.25) is 0 Å². The van der Waals surface area contributed by atoms with Gasteiger partial charge in [0, 0.05) is 12.6 Å². The number of alkyl halides is 1. The Morgan fingerprint density at radius 1 is 1.29 bits per heavy atom. The lowest BCUT2D eigenvalue weighted by Crippen LogP contribution is -2.43. The molecule has 0 spiro atoms. The minimum Gasteiger partial charge on any atom is -0.316 e. The number of nitrogens with one attached hydrogen (secondary N) is 1. The Hall–Kier alpha value is -0.150. The van der Waals surface area contributed by atoms with Crippen molar-refractivity contribution in [1.29, 1.82) is 0 Å². The Bertz CT molecular complexity index is 169. The first-order valence-electron chi connectivity index (χ1n) is 5.92. The number of likely N-dealkylation sites (tertiary alicyclic amines) is 1. The van der Waals surface area contributed by atoms with Gasteiger partial charge in [0.05, 0.1) is 0 Å². The van der Waals surface area contributed by atoms with Crippen LogP contribution in [0.2, 0.25) is 0 Å². The lowest BCUT2D eigenvalue weighted by molar-refractivity contribution is 0.156. The van der Waals surface area contributed by atoms with E-state index in [4.69, 9.17) is 0 Å². The normalized spacial score (nSPS) is 34.9. The van der Waals surface area contributed by atoms with E-state index in [0.29, 0.717) is 12.6 Å².